The lowest BCUT2D eigenvalue weighted by Gasteiger charge is -2.30. The lowest BCUT2D eigenvalue weighted by atomic mass is 10.0. The molecule has 146 valence electrons. The molecule has 0 spiro atoms. The number of piperidine rings is 1. The number of nitrogens with one attached hydrogen (secondary N) is 1. The third-order valence-electron chi connectivity index (χ3n) is 4.78. The summed E-state index contributed by atoms with van der Waals surface area (Å²) in [6.07, 6.45) is 5.78. The highest BCUT2D eigenvalue weighted by molar-refractivity contribution is 7.13. The van der Waals surface area contributed by atoms with Crippen LogP contribution in [0.4, 0.5) is 5.82 Å². The van der Waals surface area contributed by atoms with Gasteiger partial charge in [-0.25, -0.2) is 15.0 Å². The Morgan fingerprint density at radius 1 is 1.39 bits per heavy atom. The number of furan rings is 1. The van der Waals surface area contributed by atoms with Crippen LogP contribution in [0.2, 0.25) is 0 Å². The summed E-state index contributed by atoms with van der Waals surface area (Å²) in [6.45, 7) is 6.37. The Bertz CT molecular complexity index is 953. The number of amides is 1. The maximum Gasteiger partial charge on any atom is 0.239 e. The number of likely N-dealkylation sites (tertiary alicyclic amines) is 1. The fraction of sp³-hybridized carbons (Fsp3) is 0.400. The summed E-state index contributed by atoms with van der Waals surface area (Å²) < 4.78 is 5.63. The number of rotatable bonds is 5. The van der Waals surface area contributed by atoms with Gasteiger partial charge in [0.25, 0.3) is 0 Å². The minimum absolute atomic E-state index is 0.0767. The number of carbonyl (C=O) groups excluding carboxylic acids is 1. The Kier molecular flexibility index (Phi) is 5.50. The van der Waals surface area contributed by atoms with E-state index in [2.05, 4.69) is 32.1 Å². The maximum absolute atomic E-state index is 12.7. The minimum Gasteiger partial charge on any atom is -0.458 e. The molecule has 28 heavy (non-hydrogen) atoms. The van der Waals surface area contributed by atoms with Gasteiger partial charge in [0.2, 0.25) is 5.91 Å². The summed E-state index contributed by atoms with van der Waals surface area (Å²) in [7, 11) is 0. The van der Waals surface area contributed by atoms with Crippen molar-refractivity contribution in [3.05, 3.63) is 35.7 Å². The summed E-state index contributed by atoms with van der Waals surface area (Å²) in [4.78, 5) is 28.2. The molecule has 1 N–H and O–H groups in total. The molecule has 1 unspecified atom stereocenters. The molecule has 3 aromatic heterocycles. The Balaban J connectivity index is 1.58. The quantitative estimate of drug-likeness (QED) is 0.704. The highest BCUT2D eigenvalue weighted by Crippen LogP contribution is 2.30. The Morgan fingerprint density at radius 2 is 2.29 bits per heavy atom. The lowest BCUT2D eigenvalue weighted by molar-refractivity contribution is -0.117. The van der Waals surface area contributed by atoms with Crippen LogP contribution in [0.5, 0.6) is 0 Å². The number of aryl methyl sites for hydroxylation is 1. The molecule has 0 aliphatic carbocycles. The number of nitrogens with zero attached hydrogens (tertiary/aromatic N) is 4. The summed E-state index contributed by atoms with van der Waals surface area (Å²) >= 11 is 1.48. The molecule has 0 aromatic carbocycles. The molecule has 1 aliphatic heterocycles. The number of anilines is 1. The molecule has 4 heterocycles. The van der Waals surface area contributed by atoms with Crippen molar-refractivity contribution in [2.75, 3.05) is 25.0 Å². The Morgan fingerprint density at radius 3 is 3.00 bits per heavy atom. The van der Waals surface area contributed by atoms with Gasteiger partial charge in [0.1, 0.15) is 16.6 Å². The third-order valence-corrected chi connectivity index (χ3v) is 5.58. The van der Waals surface area contributed by atoms with Crippen LogP contribution in [0.25, 0.3) is 22.2 Å². The second-order valence-electron chi connectivity index (χ2n) is 7.23. The zero-order valence-corrected chi connectivity index (χ0v) is 16.8. The van der Waals surface area contributed by atoms with Gasteiger partial charge in [-0.2, -0.15) is 0 Å². The van der Waals surface area contributed by atoms with Gasteiger partial charge in [0, 0.05) is 24.3 Å². The molecule has 1 atom stereocenters. The molecule has 3 aromatic rings. The number of carbonyl (C=O) groups is 1. The fourth-order valence-corrected chi connectivity index (χ4v) is 4.12. The van der Waals surface area contributed by atoms with Gasteiger partial charge < -0.3 is 9.73 Å². The van der Waals surface area contributed by atoms with E-state index in [1.807, 2.05) is 24.4 Å². The van der Waals surface area contributed by atoms with Crippen LogP contribution in [-0.2, 0) is 4.79 Å². The van der Waals surface area contributed by atoms with E-state index in [9.17, 15) is 4.79 Å². The average Bonchev–Trinajstić information content (AvgIpc) is 3.33. The molecule has 1 fully saturated rings. The predicted octanol–water partition coefficient (Wildman–Crippen LogP) is 3.84. The van der Waals surface area contributed by atoms with Gasteiger partial charge in [-0.1, -0.05) is 6.92 Å². The van der Waals surface area contributed by atoms with E-state index in [-0.39, 0.29) is 5.91 Å². The second kappa shape index (κ2) is 8.20. The molecule has 4 rings (SSSR count). The summed E-state index contributed by atoms with van der Waals surface area (Å²) in [5.41, 5.74) is 0.711. The first kappa shape index (κ1) is 18.8. The largest absolute Gasteiger partial charge is 0.458 e. The molecular weight excluding hydrogens is 374 g/mol. The number of hydrogen-bond donors (Lipinski definition) is 1. The summed E-state index contributed by atoms with van der Waals surface area (Å²) in [5, 5.41) is 5.63. The van der Waals surface area contributed by atoms with E-state index in [1.165, 1.54) is 17.8 Å². The third kappa shape index (κ3) is 4.28. The van der Waals surface area contributed by atoms with E-state index < -0.39 is 0 Å². The van der Waals surface area contributed by atoms with Crippen LogP contribution in [0.15, 0.2) is 34.3 Å². The van der Waals surface area contributed by atoms with Gasteiger partial charge >= 0.3 is 0 Å². The van der Waals surface area contributed by atoms with E-state index in [0.29, 0.717) is 35.4 Å². The van der Waals surface area contributed by atoms with Crippen molar-refractivity contribution in [2.45, 2.75) is 26.7 Å². The fourth-order valence-electron chi connectivity index (χ4n) is 3.47. The van der Waals surface area contributed by atoms with Gasteiger partial charge in [0.15, 0.2) is 11.6 Å². The van der Waals surface area contributed by atoms with Gasteiger partial charge in [-0.3, -0.25) is 9.69 Å². The number of aromatic nitrogens is 3. The summed E-state index contributed by atoms with van der Waals surface area (Å²) in [6, 6.07) is 3.69. The monoisotopic (exact) mass is 397 g/mol. The molecule has 0 radical (unpaired) electrons. The van der Waals surface area contributed by atoms with Crippen molar-refractivity contribution >= 4 is 23.1 Å². The lowest BCUT2D eigenvalue weighted by Crippen LogP contribution is -2.39. The van der Waals surface area contributed by atoms with Crippen LogP contribution in [0.1, 0.15) is 25.5 Å². The molecule has 1 saturated heterocycles. The van der Waals surface area contributed by atoms with Crippen molar-refractivity contribution < 1.29 is 9.21 Å². The molecule has 0 saturated carbocycles. The van der Waals surface area contributed by atoms with E-state index >= 15 is 0 Å². The zero-order valence-electron chi connectivity index (χ0n) is 16.0. The standard InChI is InChI=1S/C20H23N5O2S/c1-13-4-3-8-25(11-13)12-17(26)23-18-15(20-21-7-9-28-20)10-22-19(24-18)16-6-5-14(2)27-16/h5-7,9-10,13H,3-4,8,11-12H2,1-2H3,(H,22,23,24,26). The van der Waals surface area contributed by atoms with Gasteiger partial charge in [0.05, 0.1) is 12.1 Å². The maximum atomic E-state index is 12.7. The molecule has 1 aliphatic rings. The van der Waals surface area contributed by atoms with Crippen molar-refractivity contribution in [2.24, 2.45) is 5.92 Å². The second-order valence-corrected chi connectivity index (χ2v) is 8.13. The van der Waals surface area contributed by atoms with Crippen LogP contribution >= 0.6 is 11.3 Å². The molecule has 8 heteroatoms. The first-order valence-corrected chi connectivity index (χ1v) is 10.3. The number of hydrogen-bond acceptors (Lipinski definition) is 7. The first-order chi connectivity index (χ1) is 13.6. The predicted molar refractivity (Wildman–Crippen MR) is 109 cm³/mol. The molecule has 0 bridgehead atoms. The van der Waals surface area contributed by atoms with E-state index in [4.69, 9.17) is 4.42 Å². The average molecular weight is 398 g/mol. The van der Waals surface area contributed by atoms with Crippen LogP contribution in [-0.4, -0.2) is 45.4 Å². The van der Waals surface area contributed by atoms with E-state index in [0.717, 1.165) is 30.3 Å². The minimum atomic E-state index is -0.0767. The first-order valence-electron chi connectivity index (χ1n) is 9.44. The highest BCUT2D eigenvalue weighted by atomic mass is 32.1. The van der Waals surface area contributed by atoms with Gasteiger partial charge in [-0.05, 0) is 44.4 Å². The van der Waals surface area contributed by atoms with Gasteiger partial charge in [-0.15, -0.1) is 11.3 Å². The Labute approximate surface area is 167 Å². The zero-order chi connectivity index (χ0) is 19.5. The topological polar surface area (TPSA) is 84.2 Å². The normalized spacial score (nSPS) is 17.6. The SMILES string of the molecule is Cc1ccc(-c2ncc(-c3nccs3)c(NC(=O)CN3CCCC(C)C3)n2)o1. The molecular formula is C20H23N5O2S. The van der Waals surface area contributed by atoms with Crippen molar-refractivity contribution in [3.8, 4) is 22.2 Å². The van der Waals surface area contributed by atoms with Crippen molar-refractivity contribution in [1.82, 2.24) is 19.9 Å². The summed E-state index contributed by atoms with van der Waals surface area (Å²) in [5.74, 6) is 2.81. The molecule has 1 amide bonds. The highest BCUT2D eigenvalue weighted by Gasteiger charge is 2.21. The smallest absolute Gasteiger partial charge is 0.239 e. The van der Waals surface area contributed by atoms with Crippen LogP contribution < -0.4 is 5.32 Å². The molecule has 7 nitrogen and oxygen atoms in total. The van der Waals surface area contributed by atoms with Crippen LogP contribution in [0.3, 0.4) is 0 Å². The van der Waals surface area contributed by atoms with Crippen LogP contribution in [0, 0.1) is 12.8 Å². The van der Waals surface area contributed by atoms with Crippen molar-refractivity contribution in [1.29, 1.82) is 0 Å². The number of thiazole rings is 1. The van der Waals surface area contributed by atoms with E-state index in [1.54, 1.807) is 12.4 Å². The van der Waals surface area contributed by atoms with Crippen molar-refractivity contribution in [3.63, 3.8) is 0 Å². The Hall–Kier alpha value is -2.58.